The molecule has 3 saturated heterocycles. The van der Waals surface area contributed by atoms with Gasteiger partial charge in [0.2, 0.25) is 5.95 Å². The predicted octanol–water partition coefficient (Wildman–Crippen LogP) is 1.96. The van der Waals surface area contributed by atoms with Gasteiger partial charge in [-0.05, 0) is 44.0 Å². The number of amides is 1. The van der Waals surface area contributed by atoms with E-state index in [-0.39, 0.29) is 24.6 Å². The Morgan fingerprint density at radius 3 is 2.67 bits per heavy atom. The third-order valence-electron chi connectivity index (χ3n) is 7.32. The zero-order valence-corrected chi connectivity index (χ0v) is 20.5. The molecule has 0 aliphatic carbocycles. The highest BCUT2D eigenvalue weighted by Crippen LogP contribution is 2.38. The van der Waals surface area contributed by atoms with Crippen LogP contribution in [0.5, 0.6) is 0 Å². The minimum atomic E-state index is -1.23. The second-order valence-corrected chi connectivity index (χ2v) is 9.83. The number of aliphatic hydroxyl groups is 1. The van der Waals surface area contributed by atoms with Crippen LogP contribution in [0.3, 0.4) is 0 Å². The molecule has 188 valence electrons. The van der Waals surface area contributed by atoms with Crippen molar-refractivity contribution in [2.45, 2.75) is 37.6 Å². The predicted molar refractivity (Wildman–Crippen MR) is 135 cm³/mol. The first-order valence-electron chi connectivity index (χ1n) is 12.4. The lowest BCUT2D eigenvalue weighted by Gasteiger charge is -2.41. The van der Waals surface area contributed by atoms with E-state index >= 15 is 0 Å². The number of nitrogens with zero attached hydrogens (tertiary/aromatic N) is 5. The molecular weight excluding hydrogens is 460 g/mol. The van der Waals surface area contributed by atoms with E-state index in [4.69, 9.17) is 24.4 Å². The second-order valence-electron chi connectivity index (χ2n) is 9.83. The maximum absolute atomic E-state index is 12.2. The maximum atomic E-state index is 12.2. The molecule has 0 radical (unpaired) electrons. The van der Waals surface area contributed by atoms with Crippen LogP contribution < -0.4 is 15.1 Å². The zero-order valence-electron chi connectivity index (χ0n) is 20.5. The van der Waals surface area contributed by atoms with Gasteiger partial charge in [0.15, 0.2) is 11.4 Å². The molecule has 2 bridgehead atoms. The van der Waals surface area contributed by atoms with Crippen LogP contribution in [0.15, 0.2) is 36.4 Å². The molecule has 0 saturated carbocycles. The minimum Gasteiger partial charge on any atom is -0.377 e. The number of benzene rings is 1. The van der Waals surface area contributed by atoms with E-state index in [2.05, 4.69) is 10.2 Å². The van der Waals surface area contributed by atoms with Crippen LogP contribution >= 0.6 is 0 Å². The van der Waals surface area contributed by atoms with Crippen LogP contribution in [0.2, 0.25) is 0 Å². The van der Waals surface area contributed by atoms with Gasteiger partial charge >= 0.3 is 0 Å². The Labute approximate surface area is 209 Å². The Morgan fingerprint density at radius 2 is 1.92 bits per heavy atom. The zero-order chi connectivity index (χ0) is 24.9. The van der Waals surface area contributed by atoms with Crippen LogP contribution in [0.25, 0.3) is 22.3 Å². The van der Waals surface area contributed by atoms with Gasteiger partial charge in [-0.25, -0.2) is 4.98 Å². The molecule has 1 amide bonds. The molecule has 3 aliphatic rings. The van der Waals surface area contributed by atoms with Crippen LogP contribution in [-0.2, 0) is 9.47 Å². The molecule has 10 nitrogen and oxygen atoms in total. The summed E-state index contributed by atoms with van der Waals surface area (Å²) in [5, 5.41) is 14.6. The average Bonchev–Trinajstić information content (AvgIpc) is 3.14. The number of fused-ring (bicyclic) bond motifs is 3. The smallest absolute Gasteiger partial charge is 0.251 e. The summed E-state index contributed by atoms with van der Waals surface area (Å²) >= 11 is 0. The quantitative estimate of drug-likeness (QED) is 0.567. The van der Waals surface area contributed by atoms with Crippen molar-refractivity contribution in [3.63, 3.8) is 0 Å². The van der Waals surface area contributed by atoms with Gasteiger partial charge < -0.3 is 29.7 Å². The van der Waals surface area contributed by atoms with Crippen molar-refractivity contribution in [1.29, 1.82) is 0 Å². The Balaban J connectivity index is 1.50. The molecule has 3 atom stereocenters. The van der Waals surface area contributed by atoms with Crippen molar-refractivity contribution in [1.82, 2.24) is 20.3 Å². The Kier molecular flexibility index (Phi) is 5.74. The molecule has 2 N–H and O–H groups in total. The number of hydrogen-bond acceptors (Lipinski definition) is 9. The highest BCUT2D eigenvalue weighted by atomic mass is 16.5. The van der Waals surface area contributed by atoms with Crippen molar-refractivity contribution in [3.05, 3.63) is 42.0 Å². The molecule has 2 unspecified atom stereocenters. The molecule has 10 heteroatoms. The molecule has 6 rings (SSSR count). The van der Waals surface area contributed by atoms with Gasteiger partial charge in [0.05, 0.1) is 49.6 Å². The van der Waals surface area contributed by atoms with Gasteiger partial charge in [-0.3, -0.25) is 4.79 Å². The van der Waals surface area contributed by atoms with Crippen molar-refractivity contribution >= 4 is 28.7 Å². The number of morpholine rings is 2. The number of pyridine rings is 1. The SMILES string of the molecule is CNC(=O)c1cccc(-c2ccc3c(N4C5CCC4COC5)nc(N4CCOC[C@]4(C)O)nc3n2)c1. The molecular formula is C26H30N6O4. The lowest BCUT2D eigenvalue weighted by molar-refractivity contribution is -0.0631. The molecule has 3 aliphatic heterocycles. The number of anilines is 2. The minimum absolute atomic E-state index is 0.151. The highest BCUT2D eigenvalue weighted by molar-refractivity contribution is 5.95. The molecule has 36 heavy (non-hydrogen) atoms. The first-order chi connectivity index (χ1) is 17.4. The number of aromatic nitrogens is 3. The third-order valence-corrected chi connectivity index (χ3v) is 7.32. The Morgan fingerprint density at radius 1 is 1.11 bits per heavy atom. The normalized spacial score (nSPS) is 25.9. The average molecular weight is 491 g/mol. The summed E-state index contributed by atoms with van der Waals surface area (Å²) in [4.78, 5) is 31.1. The molecule has 2 aromatic heterocycles. The fraction of sp³-hybridized carbons (Fsp3) is 0.462. The summed E-state index contributed by atoms with van der Waals surface area (Å²) in [6, 6.07) is 11.8. The number of carbonyl (C=O) groups excluding carboxylic acids is 1. The lowest BCUT2D eigenvalue weighted by Crippen LogP contribution is -2.56. The summed E-state index contributed by atoms with van der Waals surface area (Å²) in [7, 11) is 1.61. The number of rotatable bonds is 4. The van der Waals surface area contributed by atoms with Crippen molar-refractivity contribution in [3.8, 4) is 11.3 Å². The van der Waals surface area contributed by atoms with Crippen molar-refractivity contribution in [2.75, 3.05) is 49.8 Å². The molecule has 0 spiro atoms. The van der Waals surface area contributed by atoms with Gasteiger partial charge in [0, 0.05) is 24.7 Å². The monoisotopic (exact) mass is 490 g/mol. The third kappa shape index (κ3) is 3.95. The molecule has 5 heterocycles. The summed E-state index contributed by atoms with van der Waals surface area (Å²) in [6.07, 6.45) is 2.11. The lowest BCUT2D eigenvalue weighted by atomic mass is 10.1. The van der Waals surface area contributed by atoms with Gasteiger partial charge in [0.25, 0.3) is 5.91 Å². The number of ether oxygens (including phenoxy) is 2. The van der Waals surface area contributed by atoms with E-state index < -0.39 is 5.72 Å². The summed E-state index contributed by atoms with van der Waals surface area (Å²) in [5.74, 6) is 1.11. The van der Waals surface area contributed by atoms with Crippen LogP contribution in [0, 0.1) is 0 Å². The van der Waals surface area contributed by atoms with E-state index in [0.717, 1.165) is 29.6 Å². The van der Waals surface area contributed by atoms with E-state index in [0.29, 0.717) is 49.2 Å². The van der Waals surface area contributed by atoms with E-state index in [1.165, 1.54) is 0 Å². The van der Waals surface area contributed by atoms with Crippen LogP contribution in [0.4, 0.5) is 11.8 Å². The standard InChI is InChI=1S/C26H30N6O4/c1-26(34)15-35-11-10-31(26)25-29-22-20(23(30-25)32-18-6-7-19(32)14-36-13-18)8-9-21(28-22)16-4-3-5-17(12-16)24(33)27-2/h3-5,8-9,12,18-19,34H,6-7,10-11,13-15H2,1-2H3,(H,27,33)/t18?,19?,26-/m0/s1. The number of nitrogens with one attached hydrogen (secondary N) is 1. The fourth-order valence-corrected chi connectivity index (χ4v) is 5.46. The second kappa shape index (κ2) is 8.95. The van der Waals surface area contributed by atoms with E-state index in [1.54, 1.807) is 24.9 Å². The molecule has 3 fully saturated rings. The molecule has 1 aromatic carbocycles. The van der Waals surface area contributed by atoms with E-state index in [9.17, 15) is 9.90 Å². The first kappa shape index (κ1) is 23.1. The van der Waals surface area contributed by atoms with Crippen LogP contribution in [-0.4, -0.2) is 83.8 Å². The van der Waals surface area contributed by atoms with Gasteiger partial charge in [0.1, 0.15) is 5.82 Å². The largest absolute Gasteiger partial charge is 0.377 e. The van der Waals surface area contributed by atoms with Crippen molar-refractivity contribution in [2.24, 2.45) is 0 Å². The number of carbonyl (C=O) groups is 1. The highest BCUT2D eigenvalue weighted by Gasteiger charge is 2.41. The van der Waals surface area contributed by atoms with E-state index in [1.807, 2.05) is 30.3 Å². The topological polar surface area (TPSA) is 113 Å². The summed E-state index contributed by atoms with van der Waals surface area (Å²) in [6.45, 7) is 4.18. The Hall–Kier alpha value is -3.34. The summed E-state index contributed by atoms with van der Waals surface area (Å²) < 4.78 is 11.3. The summed E-state index contributed by atoms with van der Waals surface area (Å²) in [5.41, 5.74) is 1.42. The molecule has 3 aromatic rings. The van der Waals surface area contributed by atoms with Gasteiger partial charge in [-0.15, -0.1) is 0 Å². The number of hydrogen-bond donors (Lipinski definition) is 2. The fourth-order valence-electron chi connectivity index (χ4n) is 5.46. The van der Waals surface area contributed by atoms with Crippen LogP contribution in [0.1, 0.15) is 30.1 Å². The maximum Gasteiger partial charge on any atom is 0.251 e. The van der Waals surface area contributed by atoms with Gasteiger partial charge in [-0.2, -0.15) is 9.97 Å². The van der Waals surface area contributed by atoms with Gasteiger partial charge in [-0.1, -0.05) is 12.1 Å². The Bertz CT molecular complexity index is 1300. The first-order valence-corrected chi connectivity index (χ1v) is 12.4. The van der Waals surface area contributed by atoms with Crippen molar-refractivity contribution < 1.29 is 19.4 Å².